The molecule has 0 aromatic heterocycles. The van der Waals surface area contributed by atoms with Crippen molar-refractivity contribution in [1.82, 2.24) is 0 Å². The van der Waals surface area contributed by atoms with E-state index in [9.17, 15) is 0 Å². The van der Waals surface area contributed by atoms with E-state index in [2.05, 4.69) is 0 Å². The van der Waals surface area contributed by atoms with Crippen molar-refractivity contribution in [2.45, 2.75) is 64.0 Å². The van der Waals surface area contributed by atoms with Gasteiger partial charge in [-0.3, -0.25) is 0 Å². The molecule has 0 saturated heterocycles. The Morgan fingerprint density at radius 1 is 1.15 bits per heavy atom. The van der Waals surface area contributed by atoms with E-state index in [1.165, 1.54) is 38.5 Å². The summed E-state index contributed by atoms with van der Waals surface area (Å²) in [6, 6.07) is 0. The summed E-state index contributed by atoms with van der Waals surface area (Å²) in [5.41, 5.74) is 5.69. The maximum atomic E-state index is 5.87. The summed E-state index contributed by atoms with van der Waals surface area (Å²) in [7, 11) is 0. The molecular formula is C11H23NO. The number of nitrogens with two attached hydrogens (primary N) is 1. The van der Waals surface area contributed by atoms with Crippen molar-refractivity contribution in [3.63, 3.8) is 0 Å². The van der Waals surface area contributed by atoms with Crippen molar-refractivity contribution >= 4 is 0 Å². The summed E-state index contributed by atoms with van der Waals surface area (Å²) in [6.45, 7) is 4.73. The molecule has 13 heavy (non-hydrogen) atoms. The first kappa shape index (κ1) is 11.0. The van der Waals surface area contributed by atoms with Crippen LogP contribution in [-0.2, 0) is 4.74 Å². The molecule has 0 heterocycles. The Bertz CT molecular complexity index is 132. The van der Waals surface area contributed by atoms with Gasteiger partial charge in [-0.2, -0.15) is 0 Å². The summed E-state index contributed by atoms with van der Waals surface area (Å²) < 4.78 is 5.80. The van der Waals surface area contributed by atoms with Gasteiger partial charge in [-0.1, -0.05) is 25.7 Å². The zero-order valence-corrected chi connectivity index (χ0v) is 9.01. The molecule has 0 aromatic carbocycles. The lowest BCUT2D eigenvalue weighted by Gasteiger charge is -2.23. The molecule has 0 unspecified atom stereocenters. The first-order chi connectivity index (χ1) is 6.08. The molecule has 1 aliphatic rings. The van der Waals surface area contributed by atoms with Gasteiger partial charge in [-0.15, -0.1) is 0 Å². The van der Waals surface area contributed by atoms with Crippen molar-refractivity contribution in [2.24, 2.45) is 5.73 Å². The van der Waals surface area contributed by atoms with Crippen LogP contribution in [0.15, 0.2) is 0 Å². The van der Waals surface area contributed by atoms with Gasteiger partial charge < -0.3 is 10.5 Å². The molecule has 1 aliphatic carbocycles. The maximum absolute atomic E-state index is 5.87. The minimum atomic E-state index is -0.174. The Balaban J connectivity index is 2.19. The van der Waals surface area contributed by atoms with Gasteiger partial charge in [0.05, 0.1) is 12.7 Å². The van der Waals surface area contributed by atoms with Gasteiger partial charge >= 0.3 is 0 Å². The van der Waals surface area contributed by atoms with Crippen LogP contribution in [0.3, 0.4) is 0 Å². The van der Waals surface area contributed by atoms with Crippen LogP contribution in [0, 0.1) is 0 Å². The average molecular weight is 185 g/mol. The Hall–Kier alpha value is -0.0800. The van der Waals surface area contributed by atoms with Gasteiger partial charge in [0.15, 0.2) is 0 Å². The summed E-state index contributed by atoms with van der Waals surface area (Å²) in [5.74, 6) is 0. The van der Waals surface area contributed by atoms with E-state index >= 15 is 0 Å². The van der Waals surface area contributed by atoms with E-state index in [1.54, 1.807) is 0 Å². The highest BCUT2D eigenvalue weighted by Gasteiger charge is 2.17. The molecule has 0 aromatic rings. The predicted octanol–water partition coefficient (Wildman–Crippen LogP) is 2.46. The number of ether oxygens (including phenoxy) is 1. The van der Waals surface area contributed by atoms with Crippen LogP contribution in [0.2, 0.25) is 0 Å². The minimum Gasteiger partial charge on any atom is -0.376 e. The third kappa shape index (κ3) is 5.27. The molecule has 0 amide bonds. The average Bonchev–Trinajstić information content (AvgIpc) is 2.26. The van der Waals surface area contributed by atoms with E-state index in [0.717, 1.165) is 0 Å². The van der Waals surface area contributed by atoms with Crippen LogP contribution < -0.4 is 5.73 Å². The molecule has 2 heteroatoms. The molecule has 1 fully saturated rings. The molecule has 0 radical (unpaired) electrons. The summed E-state index contributed by atoms with van der Waals surface area (Å²) in [5, 5.41) is 0. The predicted molar refractivity (Wildman–Crippen MR) is 55.7 cm³/mol. The highest BCUT2D eigenvalue weighted by atomic mass is 16.5. The monoisotopic (exact) mass is 185 g/mol. The maximum Gasteiger partial charge on any atom is 0.0644 e. The Labute approximate surface area is 81.8 Å². The van der Waals surface area contributed by atoms with Gasteiger partial charge in [0.25, 0.3) is 0 Å². The van der Waals surface area contributed by atoms with Crippen LogP contribution in [0.1, 0.15) is 52.4 Å². The molecular weight excluding hydrogens is 162 g/mol. The second kappa shape index (κ2) is 4.97. The topological polar surface area (TPSA) is 35.2 Å². The van der Waals surface area contributed by atoms with Crippen LogP contribution in [0.5, 0.6) is 0 Å². The molecule has 0 atom stereocenters. The highest BCUT2D eigenvalue weighted by Crippen LogP contribution is 2.20. The van der Waals surface area contributed by atoms with Crippen LogP contribution in [0.25, 0.3) is 0 Å². The fourth-order valence-corrected chi connectivity index (χ4v) is 1.74. The number of rotatable bonds is 3. The number of hydrogen-bond donors (Lipinski definition) is 1. The molecule has 0 bridgehead atoms. The van der Waals surface area contributed by atoms with E-state index in [0.29, 0.717) is 12.7 Å². The molecule has 1 rings (SSSR count). The summed E-state index contributed by atoms with van der Waals surface area (Å²) in [4.78, 5) is 0. The van der Waals surface area contributed by atoms with E-state index < -0.39 is 0 Å². The van der Waals surface area contributed by atoms with Gasteiger partial charge in [0.2, 0.25) is 0 Å². The highest BCUT2D eigenvalue weighted by molar-refractivity contribution is 4.72. The fraction of sp³-hybridized carbons (Fsp3) is 1.00. The lowest BCUT2D eigenvalue weighted by molar-refractivity contribution is 0.0192. The van der Waals surface area contributed by atoms with Crippen molar-refractivity contribution in [1.29, 1.82) is 0 Å². The SMILES string of the molecule is CC(C)(N)COC1CCCCCC1. The fourth-order valence-electron chi connectivity index (χ4n) is 1.74. The van der Waals surface area contributed by atoms with Gasteiger partial charge in [-0.05, 0) is 26.7 Å². The Morgan fingerprint density at radius 3 is 2.15 bits per heavy atom. The lowest BCUT2D eigenvalue weighted by atomic mass is 10.1. The molecule has 2 nitrogen and oxygen atoms in total. The quantitative estimate of drug-likeness (QED) is 0.685. The van der Waals surface area contributed by atoms with Crippen molar-refractivity contribution in [3.8, 4) is 0 Å². The molecule has 0 aliphatic heterocycles. The lowest BCUT2D eigenvalue weighted by Crippen LogP contribution is -2.39. The van der Waals surface area contributed by atoms with Crippen LogP contribution >= 0.6 is 0 Å². The zero-order valence-electron chi connectivity index (χ0n) is 9.01. The van der Waals surface area contributed by atoms with Crippen molar-refractivity contribution < 1.29 is 4.74 Å². The smallest absolute Gasteiger partial charge is 0.0644 e. The van der Waals surface area contributed by atoms with E-state index in [1.807, 2.05) is 13.8 Å². The Kier molecular flexibility index (Phi) is 4.20. The van der Waals surface area contributed by atoms with Gasteiger partial charge in [0.1, 0.15) is 0 Å². The van der Waals surface area contributed by atoms with Crippen LogP contribution in [0.4, 0.5) is 0 Å². The zero-order chi connectivity index (χ0) is 9.73. The molecule has 2 N–H and O–H groups in total. The molecule has 0 spiro atoms. The third-order valence-corrected chi connectivity index (χ3v) is 2.49. The largest absolute Gasteiger partial charge is 0.376 e. The second-order valence-corrected chi connectivity index (χ2v) is 4.91. The standard InChI is InChI=1S/C11H23NO/c1-11(2,12)9-13-10-7-5-3-4-6-8-10/h10H,3-9,12H2,1-2H3. The first-order valence-corrected chi connectivity index (χ1v) is 5.48. The minimum absolute atomic E-state index is 0.174. The summed E-state index contributed by atoms with van der Waals surface area (Å²) in [6.07, 6.45) is 8.36. The number of hydrogen-bond acceptors (Lipinski definition) is 2. The first-order valence-electron chi connectivity index (χ1n) is 5.48. The van der Waals surface area contributed by atoms with Crippen molar-refractivity contribution in [2.75, 3.05) is 6.61 Å². The third-order valence-electron chi connectivity index (χ3n) is 2.49. The van der Waals surface area contributed by atoms with Crippen LogP contribution in [-0.4, -0.2) is 18.2 Å². The van der Waals surface area contributed by atoms with E-state index in [-0.39, 0.29) is 5.54 Å². The Morgan fingerprint density at radius 2 is 1.69 bits per heavy atom. The van der Waals surface area contributed by atoms with Gasteiger partial charge in [-0.25, -0.2) is 0 Å². The second-order valence-electron chi connectivity index (χ2n) is 4.91. The summed E-state index contributed by atoms with van der Waals surface area (Å²) >= 11 is 0. The van der Waals surface area contributed by atoms with Crippen molar-refractivity contribution in [3.05, 3.63) is 0 Å². The van der Waals surface area contributed by atoms with E-state index in [4.69, 9.17) is 10.5 Å². The molecule has 1 saturated carbocycles. The van der Waals surface area contributed by atoms with Gasteiger partial charge in [0, 0.05) is 5.54 Å². The molecule has 78 valence electrons. The normalized spacial score (nSPS) is 21.5.